The van der Waals surface area contributed by atoms with Gasteiger partial charge in [0.05, 0.1) is 12.6 Å². The van der Waals surface area contributed by atoms with Crippen molar-refractivity contribution >= 4 is 33.6 Å². The molecule has 3 heterocycles. The maximum Gasteiger partial charge on any atom is 0.224 e. The summed E-state index contributed by atoms with van der Waals surface area (Å²) >= 11 is 0. The molecule has 0 saturated heterocycles. The summed E-state index contributed by atoms with van der Waals surface area (Å²) in [5.74, 6) is 1.83. The van der Waals surface area contributed by atoms with Gasteiger partial charge in [-0.3, -0.25) is 0 Å². The molecule has 0 radical (unpaired) electrons. The van der Waals surface area contributed by atoms with Crippen LogP contribution in [0.15, 0.2) is 48.8 Å². The van der Waals surface area contributed by atoms with E-state index in [9.17, 15) is 0 Å². The van der Waals surface area contributed by atoms with Crippen LogP contribution in [-0.4, -0.2) is 33.6 Å². The number of hydrogen-bond donors (Lipinski definition) is 4. The molecule has 0 aliphatic rings. The van der Waals surface area contributed by atoms with Crippen LogP contribution >= 0.6 is 0 Å². The molecule has 0 aliphatic carbocycles. The molecular formula is C25H26N6O. The fraction of sp³-hybridized carbons (Fsp3) is 0.200. The third-order valence-corrected chi connectivity index (χ3v) is 6.10. The first-order valence-corrected chi connectivity index (χ1v) is 10.6. The predicted molar refractivity (Wildman–Crippen MR) is 130 cm³/mol. The first-order valence-electron chi connectivity index (χ1n) is 10.6. The van der Waals surface area contributed by atoms with Crippen LogP contribution in [0.5, 0.6) is 5.75 Å². The summed E-state index contributed by atoms with van der Waals surface area (Å²) in [5, 5.41) is 5.64. The minimum absolute atomic E-state index is 0.462. The zero-order valence-electron chi connectivity index (χ0n) is 18.4. The van der Waals surface area contributed by atoms with E-state index >= 15 is 0 Å². The third-order valence-electron chi connectivity index (χ3n) is 6.10. The molecular weight excluding hydrogens is 400 g/mol. The van der Waals surface area contributed by atoms with E-state index in [4.69, 9.17) is 10.5 Å². The van der Waals surface area contributed by atoms with E-state index in [0.29, 0.717) is 18.3 Å². The fourth-order valence-corrected chi connectivity index (χ4v) is 4.20. The number of nitrogens with two attached hydrogens (primary N) is 1. The monoisotopic (exact) mass is 426 g/mol. The minimum atomic E-state index is 0.462. The van der Waals surface area contributed by atoms with Crippen LogP contribution in [0.1, 0.15) is 16.8 Å². The Morgan fingerprint density at radius 1 is 1.12 bits per heavy atom. The highest BCUT2D eigenvalue weighted by atomic mass is 16.5. The van der Waals surface area contributed by atoms with E-state index in [2.05, 4.69) is 57.3 Å². The number of aryl methyl sites for hydroxylation is 2. The van der Waals surface area contributed by atoms with Gasteiger partial charge in [0.15, 0.2) is 0 Å². The van der Waals surface area contributed by atoms with Gasteiger partial charge < -0.3 is 25.8 Å². The number of benzene rings is 2. The number of nitrogen functional groups attached to an aromatic ring is 1. The van der Waals surface area contributed by atoms with Gasteiger partial charge in [-0.1, -0.05) is 18.2 Å². The number of nitrogens with one attached hydrogen (secondary N) is 3. The number of para-hydroxylation sites is 1. The van der Waals surface area contributed by atoms with Crippen LogP contribution in [-0.2, 0) is 6.42 Å². The lowest BCUT2D eigenvalue weighted by molar-refractivity contribution is 0.419. The average Bonchev–Trinajstić information content (AvgIpc) is 3.34. The highest BCUT2D eigenvalue weighted by molar-refractivity contribution is 5.90. The van der Waals surface area contributed by atoms with E-state index in [0.717, 1.165) is 39.7 Å². The highest BCUT2D eigenvalue weighted by Gasteiger charge is 2.11. The van der Waals surface area contributed by atoms with Crippen molar-refractivity contribution in [2.24, 2.45) is 0 Å². The van der Waals surface area contributed by atoms with Gasteiger partial charge in [0.1, 0.15) is 11.6 Å². The van der Waals surface area contributed by atoms with Crippen LogP contribution in [0, 0.1) is 13.8 Å². The van der Waals surface area contributed by atoms with Crippen LogP contribution in [0.2, 0.25) is 0 Å². The molecule has 3 aromatic heterocycles. The zero-order chi connectivity index (χ0) is 22.2. The molecule has 5 N–H and O–H groups in total. The smallest absolute Gasteiger partial charge is 0.224 e. The number of fused-ring (bicyclic) bond motifs is 2. The number of aromatic nitrogens is 4. The number of nitrogens with zero attached hydrogens (tertiary/aromatic N) is 2. The normalized spacial score (nSPS) is 11.3. The molecule has 0 spiro atoms. The van der Waals surface area contributed by atoms with Gasteiger partial charge in [0, 0.05) is 46.5 Å². The first kappa shape index (κ1) is 19.9. The lowest BCUT2D eigenvalue weighted by Gasteiger charge is -2.09. The van der Waals surface area contributed by atoms with E-state index in [1.165, 1.54) is 22.2 Å². The van der Waals surface area contributed by atoms with Crippen molar-refractivity contribution in [3.05, 3.63) is 65.6 Å². The highest BCUT2D eigenvalue weighted by Crippen LogP contribution is 2.30. The Hall–Kier alpha value is -4.00. The van der Waals surface area contributed by atoms with Gasteiger partial charge in [-0.25, -0.2) is 4.98 Å². The number of hydrogen-bond acceptors (Lipinski definition) is 5. The van der Waals surface area contributed by atoms with E-state index in [1.54, 1.807) is 13.3 Å². The lowest BCUT2D eigenvalue weighted by Crippen LogP contribution is -2.09. The Morgan fingerprint density at radius 3 is 2.81 bits per heavy atom. The van der Waals surface area contributed by atoms with Crippen LogP contribution < -0.4 is 15.8 Å². The molecule has 0 atom stereocenters. The molecule has 0 saturated carbocycles. The molecule has 5 aromatic rings. The van der Waals surface area contributed by atoms with Crippen LogP contribution in [0.3, 0.4) is 0 Å². The summed E-state index contributed by atoms with van der Waals surface area (Å²) in [6, 6.07) is 12.3. The van der Waals surface area contributed by atoms with Crippen molar-refractivity contribution < 1.29 is 4.74 Å². The van der Waals surface area contributed by atoms with Gasteiger partial charge in [0.25, 0.3) is 0 Å². The second-order valence-electron chi connectivity index (χ2n) is 8.00. The van der Waals surface area contributed by atoms with Gasteiger partial charge >= 0.3 is 0 Å². The molecule has 0 bridgehead atoms. The standard InChI is InChI=1S/C25H26N6O/c1-14-15(2)30-21-8-7-16(11-19(14)21)20-13-29-25(31-24(20)26)27-10-9-17-12-28-23-18(17)5-4-6-22(23)32-3/h4-8,11-13,28,30H,9-10H2,1-3H3,(H3,26,27,29,31). The van der Waals surface area contributed by atoms with Crippen molar-refractivity contribution in [3.63, 3.8) is 0 Å². The van der Waals surface area contributed by atoms with E-state index in [1.807, 2.05) is 24.4 Å². The Balaban J connectivity index is 1.31. The number of anilines is 2. The molecule has 2 aromatic carbocycles. The number of rotatable bonds is 6. The van der Waals surface area contributed by atoms with Gasteiger partial charge in [-0.05, 0) is 55.2 Å². The number of H-pyrrole nitrogens is 2. The number of ether oxygens (including phenoxy) is 1. The minimum Gasteiger partial charge on any atom is -0.495 e. The molecule has 32 heavy (non-hydrogen) atoms. The molecule has 5 rings (SSSR count). The molecule has 0 aliphatic heterocycles. The zero-order valence-corrected chi connectivity index (χ0v) is 18.4. The van der Waals surface area contributed by atoms with E-state index in [-0.39, 0.29) is 0 Å². The maximum atomic E-state index is 6.30. The molecule has 0 unspecified atom stereocenters. The summed E-state index contributed by atoms with van der Waals surface area (Å²) in [4.78, 5) is 15.7. The number of aromatic amines is 2. The Bertz CT molecular complexity index is 1430. The largest absolute Gasteiger partial charge is 0.495 e. The molecule has 7 heteroatoms. The van der Waals surface area contributed by atoms with Gasteiger partial charge in [0.2, 0.25) is 5.95 Å². The lowest BCUT2D eigenvalue weighted by atomic mass is 10.0. The second-order valence-corrected chi connectivity index (χ2v) is 8.00. The summed E-state index contributed by atoms with van der Waals surface area (Å²) in [7, 11) is 1.68. The fourth-order valence-electron chi connectivity index (χ4n) is 4.20. The van der Waals surface area contributed by atoms with Crippen molar-refractivity contribution in [2.45, 2.75) is 20.3 Å². The summed E-state index contributed by atoms with van der Waals surface area (Å²) < 4.78 is 5.42. The van der Waals surface area contributed by atoms with Crippen LogP contribution in [0.25, 0.3) is 32.9 Å². The van der Waals surface area contributed by atoms with Crippen molar-refractivity contribution in [1.29, 1.82) is 0 Å². The van der Waals surface area contributed by atoms with Crippen molar-refractivity contribution in [2.75, 3.05) is 24.7 Å². The second kappa shape index (κ2) is 7.92. The SMILES string of the molecule is COc1cccc2c(CCNc3ncc(-c4ccc5[nH]c(C)c(C)c5c4)c(N)n3)c[nH]c12. The average molecular weight is 427 g/mol. The molecule has 0 amide bonds. The third kappa shape index (κ3) is 3.41. The van der Waals surface area contributed by atoms with Crippen molar-refractivity contribution in [3.8, 4) is 16.9 Å². The molecule has 0 fully saturated rings. The Morgan fingerprint density at radius 2 is 2.00 bits per heavy atom. The molecule has 7 nitrogen and oxygen atoms in total. The van der Waals surface area contributed by atoms with Crippen LogP contribution in [0.4, 0.5) is 11.8 Å². The Kier molecular flexibility index (Phi) is 4.93. The van der Waals surface area contributed by atoms with E-state index < -0.39 is 0 Å². The predicted octanol–water partition coefficient (Wildman–Crippen LogP) is 4.97. The maximum absolute atomic E-state index is 6.30. The summed E-state index contributed by atoms with van der Waals surface area (Å²) in [5.41, 5.74) is 13.9. The quantitative estimate of drug-likeness (QED) is 0.307. The van der Waals surface area contributed by atoms with Gasteiger partial charge in [-0.2, -0.15) is 4.98 Å². The summed E-state index contributed by atoms with van der Waals surface area (Å²) in [6.45, 7) is 4.89. The first-order chi connectivity index (χ1) is 15.5. The Labute approximate surface area is 186 Å². The topological polar surface area (TPSA) is 105 Å². The summed E-state index contributed by atoms with van der Waals surface area (Å²) in [6.07, 6.45) is 4.63. The van der Waals surface area contributed by atoms with Gasteiger partial charge in [-0.15, -0.1) is 0 Å². The van der Waals surface area contributed by atoms with Crippen molar-refractivity contribution in [1.82, 2.24) is 19.9 Å². The molecule has 162 valence electrons. The number of methoxy groups -OCH3 is 1.